The molecule has 2 aromatic carbocycles. The Morgan fingerprint density at radius 2 is 1.76 bits per heavy atom. The number of anilines is 1. The molecular weight excluding hydrogens is 330 g/mol. The van der Waals surface area contributed by atoms with Crippen LogP contribution in [-0.4, -0.2) is 28.5 Å². The first-order valence-electron chi connectivity index (χ1n) is 8.47. The number of carbonyl (C=O) groups excluding carboxylic acids is 1. The fraction of sp³-hybridized carbons (Fsp3) is 0.300. The van der Waals surface area contributed by atoms with Gasteiger partial charge in [-0.15, -0.1) is 0 Å². The molecule has 5 heteroatoms. The number of amides is 1. The third-order valence-corrected chi connectivity index (χ3v) is 4.43. The number of thiocarbonyl (C=S) groups is 1. The molecule has 0 aromatic heterocycles. The summed E-state index contributed by atoms with van der Waals surface area (Å²) < 4.78 is 0. The van der Waals surface area contributed by atoms with Crippen LogP contribution in [0.15, 0.2) is 54.6 Å². The standard InChI is InChI=1S/C20H25N3OS/c1-4-23(20(25)21-14-17-8-6-5-7-9-17)16(3)19(24)22-18-12-10-15(2)11-13-18/h5-13,16H,4,14H2,1-3H3,(H,21,25)(H,22,24)/t16-/m1/s1. The summed E-state index contributed by atoms with van der Waals surface area (Å²) in [4.78, 5) is 14.4. The Balaban J connectivity index is 1.94. The highest BCUT2D eigenvalue weighted by Gasteiger charge is 2.22. The lowest BCUT2D eigenvalue weighted by Crippen LogP contribution is -2.49. The maximum atomic E-state index is 12.5. The number of hydrogen-bond acceptors (Lipinski definition) is 2. The molecule has 0 saturated heterocycles. The van der Waals surface area contributed by atoms with Gasteiger partial charge in [-0.1, -0.05) is 48.0 Å². The van der Waals surface area contributed by atoms with Crippen LogP contribution in [0.2, 0.25) is 0 Å². The number of likely N-dealkylation sites (N-methyl/N-ethyl adjacent to an activating group) is 1. The topological polar surface area (TPSA) is 44.4 Å². The van der Waals surface area contributed by atoms with E-state index in [9.17, 15) is 4.79 Å². The second-order valence-corrected chi connectivity index (χ2v) is 6.35. The molecule has 25 heavy (non-hydrogen) atoms. The van der Waals surface area contributed by atoms with E-state index in [2.05, 4.69) is 10.6 Å². The van der Waals surface area contributed by atoms with Crippen molar-refractivity contribution in [2.75, 3.05) is 11.9 Å². The van der Waals surface area contributed by atoms with E-state index in [0.29, 0.717) is 18.2 Å². The summed E-state index contributed by atoms with van der Waals surface area (Å²) in [5.41, 5.74) is 3.10. The van der Waals surface area contributed by atoms with Crippen molar-refractivity contribution in [1.29, 1.82) is 0 Å². The van der Waals surface area contributed by atoms with Gasteiger partial charge in [-0.25, -0.2) is 0 Å². The predicted molar refractivity (Wildman–Crippen MR) is 108 cm³/mol. The van der Waals surface area contributed by atoms with Crippen molar-refractivity contribution in [2.45, 2.75) is 33.4 Å². The SMILES string of the molecule is CCN(C(=S)NCc1ccccc1)[C@H](C)C(=O)Nc1ccc(C)cc1. The minimum atomic E-state index is -0.359. The summed E-state index contributed by atoms with van der Waals surface area (Å²) in [5.74, 6) is -0.0745. The third kappa shape index (κ3) is 5.57. The van der Waals surface area contributed by atoms with E-state index in [1.807, 2.05) is 80.3 Å². The van der Waals surface area contributed by atoms with E-state index in [1.54, 1.807) is 0 Å². The third-order valence-electron chi connectivity index (χ3n) is 4.05. The van der Waals surface area contributed by atoms with Crippen molar-refractivity contribution < 1.29 is 4.79 Å². The molecule has 4 nitrogen and oxygen atoms in total. The molecule has 2 rings (SSSR count). The van der Waals surface area contributed by atoms with E-state index >= 15 is 0 Å². The molecule has 0 radical (unpaired) electrons. The fourth-order valence-electron chi connectivity index (χ4n) is 2.49. The minimum Gasteiger partial charge on any atom is -0.358 e. The Kier molecular flexibility index (Phi) is 6.95. The molecule has 0 heterocycles. The first-order valence-corrected chi connectivity index (χ1v) is 8.88. The number of aryl methyl sites for hydroxylation is 1. The summed E-state index contributed by atoms with van der Waals surface area (Å²) >= 11 is 5.49. The Labute approximate surface area is 155 Å². The van der Waals surface area contributed by atoms with Gasteiger partial charge in [-0.05, 0) is 50.7 Å². The van der Waals surface area contributed by atoms with Crippen LogP contribution in [0.3, 0.4) is 0 Å². The highest BCUT2D eigenvalue weighted by atomic mass is 32.1. The van der Waals surface area contributed by atoms with E-state index in [4.69, 9.17) is 12.2 Å². The molecule has 2 N–H and O–H groups in total. The van der Waals surface area contributed by atoms with E-state index in [1.165, 1.54) is 0 Å². The Hall–Kier alpha value is -2.40. The molecule has 1 atom stereocenters. The summed E-state index contributed by atoms with van der Waals surface area (Å²) in [5, 5.41) is 6.76. The lowest BCUT2D eigenvalue weighted by Gasteiger charge is -2.30. The first kappa shape index (κ1) is 18.9. The molecular formula is C20H25N3OS. The van der Waals surface area contributed by atoms with E-state index < -0.39 is 0 Å². The molecule has 132 valence electrons. The quantitative estimate of drug-likeness (QED) is 0.775. The van der Waals surface area contributed by atoms with Gasteiger partial charge in [0.15, 0.2) is 5.11 Å². The highest BCUT2D eigenvalue weighted by molar-refractivity contribution is 7.80. The number of benzene rings is 2. The highest BCUT2D eigenvalue weighted by Crippen LogP contribution is 2.11. The Bertz CT molecular complexity index is 701. The second kappa shape index (κ2) is 9.18. The van der Waals surface area contributed by atoms with Crippen LogP contribution >= 0.6 is 12.2 Å². The van der Waals surface area contributed by atoms with Gasteiger partial charge < -0.3 is 15.5 Å². The number of hydrogen-bond donors (Lipinski definition) is 2. The smallest absolute Gasteiger partial charge is 0.246 e. The van der Waals surface area contributed by atoms with Crippen molar-refractivity contribution in [3.63, 3.8) is 0 Å². The Morgan fingerprint density at radius 1 is 1.12 bits per heavy atom. The van der Waals surface area contributed by atoms with Crippen molar-refractivity contribution in [1.82, 2.24) is 10.2 Å². The van der Waals surface area contributed by atoms with Crippen LogP contribution in [0.1, 0.15) is 25.0 Å². The molecule has 0 aliphatic carbocycles. The summed E-state index contributed by atoms with van der Waals surface area (Å²) in [6.45, 7) is 7.17. The van der Waals surface area contributed by atoms with Gasteiger partial charge in [0.2, 0.25) is 5.91 Å². The zero-order chi connectivity index (χ0) is 18.2. The van der Waals surface area contributed by atoms with Gasteiger partial charge in [0.1, 0.15) is 6.04 Å². The van der Waals surface area contributed by atoms with Crippen LogP contribution in [0.5, 0.6) is 0 Å². The van der Waals surface area contributed by atoms with Gasteiger partial charge >= 0.3 is 0 Å². The number of carbonyl (C=O) groups is 1. The first-order chi connectivity index (χ1) is 12.0. The van der Waals surface area contributed by atoms with Gasteiger partial charge in [-0.3, -0.25) is 4.79 Å². The van der Waals surface area contributed by atoms with Gasteiger partial charge in [0.05, 0.1) is 0 Å². The average molecular weight is 356 g/mol. The van der Waals surface area contributed by atoms with Crippen LogP contribution in [0.25, 0.3) is 0 Å². The largest absolute Gasteiger partial charge is 0.358 e. The molecule has 0 unspecified atom stereocenters. The average Bonchev–Trinajstić information content (AvgIpc) is 2.63. The van der Waals surface area contributed by atoms with Gasteiger partial charge in [-0.2, -0.15) is 0 Å². The van der Waals surface area contributed by atoms with E-state index in [-0.39, 0.29) is 11.9 Å². The maximum absolute atomic E-state index is 12.5. The predicted octanol–water partition coefficient (Wildman–Crippen LogP) is 3.72. The molecule has 0 bridgehead atoms. The molecule has 2 aromatic rings. The zero-order valence-corrected chi connectivity index (χ0v) is 15.8. The summed E-state index contributed by atoms with van der Waals surface area (Å²) in [6.07, 6.45) is 0. The normalized spacial score (nSPS) is 11.5. The second-order valence-electron chi connectivity index (χ2n) is 5.96. The molecule has 0 spiro atoms. The van der Waals surface area contributed by atoms with Crippen LogP contribution < -0.4 is 10.6 Å². The molecule has 0 saturated carbocycles. The van der Waals surface area contributed by atoms with Crippen molar-refractivity contribution >= 4 is 28.9 Å². The Morgan fingerprint density at radius 3 is 2.36 bits per heavy atom. The van der Waals surface area contributed by atoms with Crippen molar-refractivity contribution in [3.05, 3.63) is 65.7 Å². The molecule has 0 fully saturated rings. The fourth-order valence-corrected chi connectivity index (χ4v) is 2.85. The van der Waals surface area contributed by atoms with Crippen molar-refractivity contribution in [3.8, 4) is 0 Å². The maximum Gasteiger partial charge on any atom is 0.246 e. The van der Waals surface area contributed by atoms with Crippen LogP contribution in [-0.2, 0) is 11.3 Å². The minimum absolute atomic E-state index is 0.0745. The molecule has 0 aliphatic rings. The van der Waals surface area contributed by atoms with E-state index in [0.717, 1.165) is 16.8 Å². The van der Waals surface area contributed by atoms with Gasteiger partial charge in [0.25, 0.3) is 0 Å². The number of nitrogens with zero attached hydrogens (tertiary/aromatic N) is 1. The molecule has 0 aliphatic heterocycles. The summed E-state index contributed by atoms with van der Waals surface area (Å²) in [6, 6.07) is 17.5. The summed E-state index contributed by atoms with van der Waals surface area (Å²) in [7, 11) is 0. The monoisotopic (exact) mass is 355 g/mol. The van der Waals surface area contributed by atoms with Crippen LogP contribution in [0, 0.1) is 6.92 Å². The lowest BCUT2D eigenvalue weighted by molar-refractivity contribution is -0.119. The van der Waals surface area contributed by atoms with Crippen LogP contribution in [0.4, 0.5) is 5.69 Å². The lowest BCUT2D eigenvalue weighted by atomic mass is 10.2. The van der Waals surface area contributed by atoms with Gasteiger partial charge in [0, 0.05) is 18.8 Å². The molecule has 1 amide bonds. The number of rotatable bonds is 6. The zero-order valence-electron chi connectivity index (χ0n) is 15.0. The van der Waals surface area contributed by atoms with Crippen molar-refractivity contribution in [2.24, 2.45) is 0 Å². The number of nitrogens with one attached hydrogen (secondary N) is 2.